The summed E-state index contributed by atoms with van der Waals surface area (Å²) in [6.07, 6.45) is 4.06. The summed E-state index contributed by atoms with van der Waals surface area (Å²) < 4.78 is 0. The van der Waals surface area contributed by atoms with Crippen LogP contribution in [0.4, 0.5) is 0 Å². The maximum absolute atomic E-state index is 13.0. The summed E-state index contributed by atoms with van der Waals surface area (Å²) in [6.45, 7) is 4.03. The zero-order chi connectivity index (χ0) is 16.6. The molecule has 3 saturated heterocycles. The minimum atomic E-state index is -0.517. The third kappa shape index (κ3) is 2.94. The van der Waals surface area contributed by atoms with Crippen LogP contribution in [-0.2, 0) is 14.4 Å². The van der Waals surface area contributed by atoms with E-state index < -0.39 is 18.0 Å². The molecule has 3 fully saturated rings. The number of nitrogens with two attached hydrogens (primary N) is 1. The first-order valence-corrected chi connectivity index (χ1v) is 8.64. The lowest BCUT2D eigenvalue weighted by Crippen LogP contribution is -2.55. The van der Waals surface area contributed by atoms with Crippen LogP contribution in [0.5, 0.6) is 0 Å². The largest absolute Gasteiger partial charge is 0.368 e. The molecule has 0 aliphatic carbocycles. The van der Waals surface area contributed by atoms with Crippen molar-refractivity contribution in [3.8, 4) is 0 Å². The Labute approximate surface area is 136 Å². The lowest BCUT2D eigenvalue weighted by Gasteiger charge is -2.33. The van der Waals surface area contributed by atoms with Gasteiger partial charge in [0.25, 0.3) is 0 Å². The molecular weight excluding hydrogens is 296 g/mol. The van der Waals surface area contributed by atoms with Gasteiger partial charge in [0.05, 0.1) is 6.04 Å². The van der Waals surface area contributed by atoms with E-state index in [9.17, 15) is 14.4 Å². The van der Waals surface area contributed by atoms with Crippen molar-refractivity contribution < 1.29 is 14.4 Å². The first-order valence-electron chi connectivity index (χ1n) is 8.64. The Balaban J connectivity index is 1.76. The zero-order valence-electron chi connectivity index (χ0n) is 13.7. The molecule has 7 nitrogen and oxygen atoms in total. The van der Waals surface area contributed by atoms with Crippen LogP contribution in [0.3, 0.4) is 0 Å². The van der Waals surface area contributed by atoms with Crippen LogP contribution in [0.15, 0.2) is 0 Å². The van der Waals surface area contributed by atoms with Crippen LogP contribution in [0.25, 0.3) is 0 Å². The summed E-state index contributed by atoms with van der Waals surface area (Å²) >= 11 is 0. The topological polar surface area (TPSA) is 95.7 Å². The Hall–Kier alpha value is -1.63. The third-order valence-electron chi connectivity index (χ3n) is 5.46. The molecular formula is C16H26N4O3. The van der Waals surface area contributed by atoms with Gasteiger partial charge in [-0.05, 0) is 44.6 Å². The number of hydrogen-bond donors (Lipinski definition) is 2. The van der Waals surface area contributed by atoms with E-state index >= 15 is 0 Å². The maximum Gasteiger partial charge on any atom is 0.246 e. The van der Waals surface area contributed by atoms with Gasteiger partial charge in [0.1, 0.15) is 12.1 Å². The van der Waals surface area contributed by atoms with Crippen molar-refractivity contribution in [2.24, 2.45) is 11.7 Å². The van der Waals surface area contributed by atoms with Gasteiger partial charge in [0.2, 0.25) is 17.7 Å². The predicted octanol–water partition coefficient (Wildman–Crippen LogP) is -0.548. The lowest BCUT2D eigenvalue weighted by atomic mass is 10.0. The van der Waals surface area contributed by atoms with Crippen LogP contribution in [0.2, 0.25) is 0 Å². The molecule has 7 heteroatoms. The summed E-state index contributed by atoms with van der Waals surface area (Å²) in [5.74, 6) is -0.415. The van der Waals surface area contributed by atoms with Crippen LogP contribution >= 0.6 is 0 Å². The van der Waals surface area contributed by atoms with E-state index in [1.165, 1.54) is 0 Å². The first-order chi connectivity index (χ1) is 11.0. The first kappa shape index (κ1) is 16.2. The number of primary amides is 1. The van der Waals surface area contributed by atoms with Gasteiger partial charge in [0, 0.05) is 13.1 Å². The second kappa shape index (κ2) is 6.47. The molecule has 0 saturated carbocycles. The molecule has 0 bridgehead atoms. The fourth-order valence-corrected chi connectivity index (χ4v) is 4.16. The van der Waals surface area contributed by atoms with Crippen molar-refractivity contribution in [1.29, 1.82) is 0 Å². The molecule has 3 heterocycles. The van der Waals surface area contributed by atoms with E-state index in [0.29, 0.717) is 19.5 Å². The number of carbonyl (C=O) groups is 3. The monoisotopic (exact) mass is 322 g/mol. The minimum absolute atomic E-state index is 0.0278. The molecule has 0 spiro atoms. The highest BCUT2D eigenvalue weighted by Crippen LogP contribution is 2.29. The van der Waals surface area contributed by atoms with E-state index in [2.05, 4.69) is 5.32 Å². The highest BCUT2D eigenvalue weighted by molar-refractivity contribution is 5.93. The molecule has 23 heavy (non-hydrogen) atoms. The summed E-state index contributed by atoms with van der Waals surface area (Å²) in [6, 6.07) is -1.14. The Bertz CT molecular complexity index is 504. The van der Waals surface area contributed by atoms with Gasteiger partial charge in [-0.3, -0.25) is 14.4 Å². The number of likely N-dealkylation sites (tertiary alicyclic amines) is 2. The number of hydrogen-bond acceptors (Lipinski definition) is 4. The molecule has 0 radical (unpaired) electrons. The number of amides is 3. The van der Waals surface area contributed by atoms with Crippen LogP contribution in [0, 0.1) is 5.92 Å². The SMILES string of the molecule is C[C@H]1CCN(C(=O)[C@@H]2CCCN2)[C@@H]1C(=O)N1CCC[C@H]1C(N)=O. The van der Waals surface area contributed by atoms with Crippen LogP contribution in [-0.4, -0.2) is 65.3 Å². The van der Waals surface area contributed by atoms with E-state index in [-0.39, 0.29) is 23.8 Å². The van der Waals surface area contributed by atoms with Crippen molar-refractivity contribution >= 4 is 17.7 Å². The smallest absolute Gasteiger partial charge is 0.246 e. The highest BCUT2D eigenvalue weighted by Gasteiger charge is 2.46. The number of nitrogens with one attached hydrogen (secondary N) is 1. The van der Waals surface area contributed by atoms with Gasteiger partial charge < -0.3 is 20.9 Å². The van der Waals surface area contributed by atoms with Gasteiger partial charge in [-0.1, -0.05) is 6.92 Å². The van der Waals surface area contributed by atoms with Gasteiger partial charge in [0.15, 0.2) is 0 Å². The van der Waals surface area contributed by atoms with Crippen molar-refractivity contribution in [3.05, 3.63) is 0 Å². The molecule has 0 unspecified atom stereocenters. The summed E-state index contributed by atoms with van der Waals surface area (Å²) in [4.78, 5) is 40.6. The molecule has 128 valence electrons. The molecule has 3 rings (SSSR count). The van der Waals surface area contributed by atoms with Gasteiger partial charge in [-0.25, -0.2) is 0 Å². The maximum atomic E-state index is 13.0. The van der Waals surface area contributed by atoms with Crippen LogP contribution < -0.4 is 11.1 Å². The van der Waals surface area contributed by atoms with E-state index in [4.69, 9.17) is 5.73 Å². The third-order valence-corrected chi connectivity index (χ3v) is 5.46. The van der Waals surface area contributed by atoms with E-state index in [1.807, 2.05) is 6.92 Å². The van der Waals surface area contributed by atoms with Gasteiger partial charge in [-0.2, -0.15) is 0 Å². The van der Waals surface area contributed by atoms with Gasteiger partial charge >= 0.3 is 0 Å². The molecule has 0 aromatic heterocycles. The van der Waals surface area contributed by atoms with Crippen molar-refractivity contribution in [3.63, 3.8) is 0 Å². The fourth-order valence-electron chi connectivity index (χ4n) is 4.16. The Morgan fingerprint density at radius 1 is 1.00 bits per heavy atom. The number of nitrogens with zero attached hydrogens (tertiary/aromatic N) is 2. The molecule has 3 aliphatic heterocycles. The second-order valence-corrected chi connectivity index (χ2v) is 6.98. The van der Waals surface area contributed by atoms with Gasteiger partial charge in [-0.15, -0.1) is 0 Å². The Morgan fingerprint density at radius 2 is 1.78 bits per heavy atom. The minimum Gasteiger partial charge on any atom is -0.368 e. The summed E-state index contributed by atoms with van der Waals surface area (Å²) in [5, 5.41) is 3.21. The highest BCUT2D eigenvalue weighted by atomic mass is 16.2. The standard InChI is InChI=1S/C16H26N4O3/c1-10-6-9-20(15(22)11-4-2-7-18-11)13(10)16(23)19-8-3-5-12(19)14(17)21/h10-13,18H,2-9H2,1H3,(H2,17,21)/t10-,11-,12-,13-/m0/s1. The molecule has 0 aromatic carbocycles. The normalized spacial score (nSPS) is 34.1. The Kier molecular flexibility index (Phi) is 4.57. The average Bonchev–Trinajstić information content (AvgIpc) is 3.26. The molecule has 3 N–H and O–H groups in total. The van der Waals surface area contributed by atoms with Crippen molar-refractivity contribution in [2.75, 3.05) is 19.6 Å². The zero-order valence-corrected chi connectivity index (χ0v) is 13.7. The number of rotatable bonds is 3. The summed E-state index contributed by atoms with van der Waals surface area (Å²) in [7, 11) is 0. The molecule has 4 atom stereocenters. The Morgan fingerprint density at radius 3 is 2.43 bits per heavy atom. The predicted molar refractivity (Wildman–Crippen MR) is 84.2 cm³/mol. The molecule has 0 aromatic rings. The van der Waals surface area contributed by atoms with E-state index in [0.717, 1.165) is 32.2 Å². The van der Waals surface area contributed by atoms with Crippen LogP contribution in [0.1, 0.15) is 39.0 Å². The molecule has 3 aliphatic rings. The molecule has 3 amide bonds. The fraction of sp³-hybridized carbons (Fsp3) is 0.812. The van der Waals surface area contributed by atoms with Crippen molar-refractivity contribution in [1.82, 2.24) is 15.1 Å². The lowest BCUT2D eigenvalue weighted by molar-refractivity contribution is -0.147. The quantitative estimate of drug-likeness (QED) is 0.729. The summed E-state index contributed by atoms with van der Waals surface area (Å²) in [5.41, 5.74) is 5.43. The average molecular weight is 322 g/mol. The van der Waals surface area contributed by atoms with E-state index in [1.54, 1.807) is 9.80 Å². The van der Waals surface area contributed by atoms with Crippen molar-refractivity contribution in [2.45, 2.75) is 57.2 Å². The second-order valence-electron chi connectivity index (χ2n) is 6.98. The number of carbonyl (C=O) groups excluding carboxylic acids is 3.